The molecule has 24 heavy (non-hydrogen) atoms. The van der Waals surface area contributed by atoms with Crippen molar-refractivity contribution in [3.63, 3.8) is 0 Å². The van der Waals surface area contributed by atoms with Gasteiger partial charge < -0.3 is 5.11 Å². The summed E-state index contributed by atoms with van der Waals surface area (Å²) in [4.78, 5) is 10.7. The zero-order chi connectivity index (χ0) is 17.9. The van der Waals surface area contributed by atoms with Crippen molar-refractivity contribution in [1.29, 1.82) is 0 Å². The van der Waals surface area contributed by atoms with Crippen LogP contribution in [0.15, 0.2) is 47.4 Å². The number of aliphatic hydroxyl groups excluding tert-OH is 1. The van der Waals surface area contributed by atoms with Gasteiger partial charge in [-0.2, -0.15) is 4.31 Å². The van der Waals surface area contributed by atoms with Crippen molar-refractivity contribution in [3.05, 3.63) is 58.1 Å². The molecule has 0 fully saturated rings. The standard InChI is InChI=1S/C16H18N2O5S/c1-12-3-4-14(11-16(12)18(20)21)13-5-7-15(8-6-13)24(22,23)17(2)9-10-19/h3-8,11,19H,9-10H2,1-2H3. The van der Waals surface area contributed by atoms with Gasteiger partial charge in [-0.25, -0.2) is 8.42 Å². The summed E-state index contributed by atoms with van der Waals surface area (Å²) in [5.74, 6) is 0. The van der Waals surface area contributed by atoms with Gasteiger partial charge in [0.25, 0.3) is 5.69 Å². The molecule has 0 saturated carbocycles. The molecule has 0 aliphatic rings. The van der Waals surface area contributed by atoms with Crippen molar-refractivity contribution in [2.24, 2.45) is 0 Å². The van der Waals surface area contributed by atoms with Crippen LogP contribution in [-0.2, 0) is 10.0 Å². The third-order valence-electron chi connectivity index (χ3n) is 3.72. The molecule has 2 aromatic rings. The fourth-order valence-corrected chi connectivity index (χ4v) is 3.41. The van der Waals surface area contributed by atoms with Crippen LogP contribution >= 0.6 is 0 Å². The molecule has 2 rings (SSSR count). The summed E-state index contributed by atoms with van der Waals surface area (Å²) in [7, 11) is -2.27. The summed E-state index contributed by atoms with van der Waals surface area (Å²) in [6.07, 6.45) is 0. The van der Waals surface area contributed by atoms with Crippen molar-refractivity contribution in [2.75, 3.05) is 20.2 Å². The number of likely N-dealkylation sites (N-methyl/N-ethyl adjacent to an activating group) is 1. The van der Waals surface area contributed by atoms with Crippen molar-refractivity contribution in [3.8, 4) is 11.1 Å². The molecule has 0 amide bonds. The number of nitrogens with zero attached hydrogens (tertiary/aromatic N) is 2. The third kappa shape index (κ3) is 3.61. The first kappa shape index (κ1) is 18.1. The highest BCUT2D eigenvalue weighted by atomic mass is 32.2. The van der Waals surface area contributed by atoms with Crippen LogP contribution in [0.2, 0.25) is 0 Å². The molecule has 0 saturated heterocycles. The van der Waals surface area contributed by atoms with E-state index in [1.807, 2.05) is 0 Å². The van der Waals surface area contributed by atoms with Crippen LogP contribution in [0.5, 0.6) is 0 Å². The van der Waals surface area contributed by atoms with Gasteiger partial charge in [0.05, 0.1) is 16.4 Å². The summed E-state index contributed by atoms with van der Waals surface area (Å²) in [6, 6.07) is 11.0. The predicted octanol–water partition coefficient (Wildman–Crippen LogP) is 2.18. The van der Waals surface area contributed by atoms with E-state index in [0.717, 1.165) is 4.31 Å². The first-order chi connectivity index (χ1) is 11.3. The van der Waals surface area contributed by atoms with Crippen molar-refractivity contribution in [1.82, 2.24) is 4.31 Å². The number of benzene rings is 2. The molecule has 7 nitrogen and oxygen atoms in total. The summed E-state index contributed by atoms with van der Waals surface area (Å²) >= 11 is 0. The number of rotatable bonds is 6. The SMILES string of the molecule is Cc1ccc(-c2ccc(S(=O)(=O)N(C)CCO)cc2)cc1[N+](=O)[O-]. The largest absolute Gasteiger partial charge is 0.395 e. The Bertz CT molecular complexity index is 847. The normalized spacial score (nSPS) is 11.7. The van der Waals surface area contributed by atoms with E-state index in [1.165, 1.54) is 25.2 Å². The average Bonchev–Trinajstić information content (AvgIpc) is 2.55. The van der Waals surface area contributed by atoms with Crippen LogP contribution in [0.3, 0.4) is 0 Å². The molecule has 0 atom stereocenters. The second kappa shape index (κ2) is 7.08. The minimum absolute atomic E-state index is 0.00818. The summed E-state index contributed by atoms with van der Waals surface area (Å²) < 4.78 is 25.6. The second-order valence-corrected chi connectivity index (χ2v) is 7.38. The highest BCUT2D eigenvalue weighted by Gasteiger charge is 2.20. The number of hydrogen-bond donors (Lipinski definition) is 1. The summed E-state index contributed by atoms with van der Waals surface area (Å²) in [5.41, 5.74) is 1.90. The van der Waals surface area contributed by atoms with E-state index in [1.54, 1.807) is 31.2 Å². The first-order valence-corrected chi connectivity index (χ1v) is 8.64. The van der Waals surface area contributed by atoms with Crippen LogP contribution < -0.4 is 0 Å². The van der Waals surface area contributed by atoms with Gasteiger partial charge >= 0.3 is 0 Å². The highest BCUT2D eigenvalue weighted by molar-refractivity contribution is 7.89. The highest BCUT2D eigenvalue weighted by Crippen LogP contribution is 2.28. The van der Waals surface area contributed by atoms with Crippen LogP contribution in [0.4, 0.5) is 5.69 Å². The van der Waals surface area contributed by atoms with Crippen LogP contribution in [0.1, 0.15) is 5.56 Å². The average molecular weight is 350 g/mol. The van der Waals surface area contributed by atoms with Gasteiger partial charge in [0, 0.05) is 25.2 Å². The summed E-state index contributed by atoms with van der Waals surface area (Å²) in [5, 5.41) is 19.9. The Morgan fingerprint density at radius 3 is 2.25 bits per heavy atom. The molecule has 0 aliphatic carbocycles. The molecule has 0 heterocycles. The minimum atomic E-state index is -3.66. The minimum Gasteiger partial charge on any atom is -0.395 e. The molecule has 0 aromatic heterocycles. The van der Waals surface area contributed by atoms with Gasteiger partial charge in [-0.05, 0) is 30.2 Å². The fourth-order valence-electron chi connectivity index (χ4n) is 2.25. The van der Waals surface area contributed by atoms with Gasteiger partial charge in [-0.1, -0.05) is 24.3 Å². The smallest absolute Gasteiger partial charge is 0.272 e. The number of aliphatic hydroxyl groups is 1. The van der Waals surface area contributed by atoms with Crippen LogP contribution in [0.25, 0.3) is 11.1 Å². The topological polar surface area (TPSA) is 101 Å². The third-order valence-corrected chi connectivity index (χ3v) is 5.59. The quantitative estimate of drug-likeness (QED) is 0.636. The maximum Gasteiger partial charge on any atom is 0.272 e. The number of sulfonamides is 1. The Hall–Kier alpha value is -2.29. The molecule has 8 heteroatoms. The van der Waals surface area contributed by atoms with Gasteiger partial charge in [0.1, 0.15) is 0 Å². The molecule has 2 aromatic carbocycles. The number of nitro groups is 1. The van der Waals surface area contributed by atoms with Crippen LogP contribution in [0, 0.1) is 17.0 Å². The molecular formula is C16H18N2O5S. The lowest BCUT2D eigenvalue weighted by Crippen LogP contribution is -2.29. The number of nitro benzene ring substituents is 1. The van der Waals surface area contributed by atoms with E-state index in [0.29, 0.717) is 16.7 Å². The monoisotopic (exact) mass is 350 g/mol. The predicted molar refractivity (Wildman–Crippen MR) is 90.2 cm³/mol. The second-order valence-electron chi connectivity index (χ2n) is 5.33. The lowest BCUT2D eigenvalue weighted by Gasteiger charge is -2.16. The Kier molecular flexibility index (Phi) is 5.33. The van der Waals surface area contributed by atoms with Gasteiger partial charge in [-0.15, -0.1) is 0 Å². The van der Waals surface area contributed by atoms with Crippen molar-refractivity contribution < 1.29 is 18.4 Å². The molecule has 0 aliphatic heterocycles. The van der Waals surface area contributed by atoms with E-state index in [9.17, 15) is 18.5 Å². The summed E-state index contributed by atoms with van der Waals surface area (Å²) in [6.45, 7) is 1.41. The lowest BCUT2D eigenvalue weighted by atomic mass is 10.0. The molecule has 128 valence electrons. The van der Waals surface area contributed by atoms with E-state index < -0.39 is 14.9 Å². The van der Waals surface area contributed by atoms with E-state index in [-0.39, 0.29) is 23.7 Å². The Morgan fingerprint density at radius 1 is 1.12 bits per heavy atom. The number of aryl methyl sites for hydroxylation is 1. The van der Waals surface area contributed by atoms with E-state index in [4.69, 9.17) is 5.11 Å². The molecule has 0 spiro atoms. The van der Waals surface area contributed by atoms with Crippen LogP contribution in [-0.4, -0.2) is 43.0 Å². The van der Waals surface area contributed by atoms with E-state index in [2.05, 4.69) is 0 Å². The molecule has 0 unspecified atom stereocenters. The fraction of sp³-hybridized carbons (Fsp3) is 0.250. The van der Waals surface area contributed by atoms with E-state index >= 15 is 0 Å². The lowest BCUT2D eigenvalue weighted by molar-refractivity contribution is -0.385. The van der Waals surface area contributed by atoms with Gasteiger partial charge in [0.2, 0.25) is 10.0 Å². The number of hydrogen-bond acceptors (Lipinski definition) is 5. The Morgan fingerprint density at radius 2 is 1.71 bits per heavy atom. The zero-order valence-electron chi connectivity index (χ0n) is 13.3. The van der Waals surface area contributed by atoms with Crippen molar-refractivity contribution >= 4 is 15.7 Å². The van der Waals surface area contributed by atoms with Crippen molar-refractivity contribution in [2.45, 2.75) is 11.8 Å². The first-order valence-electron chi connectivity index (χ1n) is 7.20. The van der Waals surface area contributed by atoms with Gasteiger partial charge in [-0.3, -0.25) is 10.1 Å². The Labute approximate surface area is 140 Å². The molecule has 0 radical (unpaired) electrons. The molecule has 0 bridgehead atoms. The Balaban J connectivity index is 2.37. The zero-order valence-corrected chi connectivity index (χ0v) is 14.2. The molecular weight excluding hydrogens is 332 g/mol. The maximum atomic E-state index is 12.3. The van der Waals surface area contributed by atoms with Gasteiger partial charge in [0.15, 0.2) is 0 Å². The molecule has 1 N–H and O–H groups in total. The maximum absolute atomic E-state index is 12.3.